The Morgan fingerprint density at radius 1 is 0.828 bits per heavy atom. The van der Waals surface area contributed by atoms with Crippen LogP contribution >= 0.6 is 11.8 Å². The molecule has 1 heterocycles. The second-order valence-electron chi connectivity index (χ2n) is 6.17. The highest BCUT2D eigenvalue weighted by molar-refractivity contribution is 7.98. The lowest BCUT2D eigenvalue weighted by Crippen LogP contribution is -2.41. The van der Waals surface area contributed by atoms with Crippen molar-refractivity contribution in [2.24, 2.45) is 0 Å². The number of aromatic nitrogens is 1. The van der Waals surface area contributed by atoms with Crippen molar-refractivity contribution in [1.82, 2.24) is 15.8 Å². The van der Waals surface area contributed by atoms with Crippen molar-refractivity contribution in [3.63, 3.8) is 0 Å². The maximum atomic E-state index is 12.6. The SMILES string of the molecule is O=C(NNC(=O)c1ccccc1CSc1nc2ccccc2o1)c1ccccc1. The lowest BCUT2D eigenvalue weighted by Gasteiger charge is -2.10. The van der Waals surface area contributed by atoms with E-state index in [2.05, 4.69) is 15.8 Å². The van der Waals surface area contributed by atoms with Gasteiger partial charge in [0.05, 0.1) is 0 Å². The molecule has 6 nitrogen and oxygen atoms in total. The molecule has 4 aromatic rings. The number of amides is 2. The monoisotopic (exact) mass is 403 g/mol. The highest BCUT2D eigenvalue weighted by atomic mass is 32.2. The van der Waals surface area contributed by atoms with Gasteiger partial charge in [-0.15, -0.1) is 0 Å². The van der Waals surface area contributed by atoms with Gasteiger partial charge in [-0.1, -0.05) is 60.3 Å². The third-order valence-corrected chi connectivity index (χ3v) is 5.09. The minimum absolute atomic E-state index is 0.378. The van der Waals surface area contributed by atoms with E-state index in [0.29, 0.717) is 22.1 Å². The maximum Gasteiger partial charge on any atom is 0.270 e. The average Bonchev–Trinajstić information content (AvgIpc) is 3.19. The number of para-hydroxylation sites is 2. The number of benzene rings is 3. The Bertz CT molecular complexity index is 1130. The van der Waals surface area contributed by atoms with E-state index < -0.39 is 0 Å². The molecule has 0 fully saturated rings. The first kappa shape index (κ1) is 18.8. The van der Waals surface area contributed by atoms with Crippen LogP contribution in [0.4, 0.5) is 0 Å². The zero-order valence-corrected chi connectivity index (χ0v) is 16.1. The number of hydrogen-bond donors (Lipinski definition) is 2. The quantitative estimate of drug-likeness (QED) is 0.385. The summed E-state index contributed by atoms with van der Waals surface area (Å²) in [6.07, 6.45) is 0. The summed E-state index contributed by atoms with van der Waals surface area (Å²) >= 11 is 1.41. The number of rotatable bonds is 5. The van der Waals surface area contributed by atoms with E-state index in [9.17, 15) is 9.59 Å². The van der Waals surface area contributed by atoms with Gasteiger partial charge in [0, 0.05) is 16.9 Å². The Morgan fingerprint density at radius 2 is 1.52 bits per heavy atom. The number of thioether (sulfide) groups is 1. The molecule has 2 N–H and O–H groups in total. The van der Waals surface area contributed by atoms with Crippen molar-refractivity contribution < 1.29 is 14.0 Å². The van der Waals surface area contributed by atoms with Crippen LogP contribution in [-0.2, 0) is 5.75 Å². The lowest BCUT2D eigenvalue weighted by molar-refractivity contribution is 0.0846. The second kappa shape index (κ2) is 8.62. The molecule has 0 atom stereocenters. The van der Waals surface area contributed by atoms with E-state index in [1.165, 1.54) is 11.8 Å². The van der Waals surface area contributed by atoms with Crippen LogP contribution in [0.15, 0.2) is 88.5 Å². The molecule has 0 saturated carbocycles. The molecule has 2 amide bonds. The second-order valence-corrected chi connectivity index (χ2v) is 7.09. The molecule has 0 aliphatic carbocycles. The fourth-order valence-electron chi connectivity index (χ4n) is 2.76. The number of fused-ring (bicyclic) bond motifs is 1. The first-order chi connectivity index (χ1) is 14.2. The standard InChI is InChI=1S/C22H17N3O3S/c26-20(15-8-2-1-3-9-15)24-25-21(27)17-11-5-4-10-16(17)14-29-22-23-18-12-6-7-13-19(18)28-22/h1-13H,14H2,(H,24,26)(H,25,27). The van der Waals surface area contributed by atoms with Crippen LogP contribution < -0.4 is 10.9 Å². The number of carbonyl (C=O) groups excluding carboxylic acids is 2. The number of nitrogens with one attached hydrogen (secondary N) is 2. The predicted octanol–water partition coefficient (Wildman–Crippen LogP) is 4.19. The Hall–Kier alpha value is -3.58. The number of hydrogen-bond acceptors (Lipinski definition) is 5. The van der Waals surface area contributed by atoms with Gasteiger partial charge in [-0.2, -0.15) is 0 Å². The molecule has 0 saturated heterocycles. The highest BCUT2D eigenvalue weighted by Crippen LogP contribution is 2.27. The van der Waals surface area contributed by atoms with Crippen LogP contribution in [0, 0.1) is 0 Å². The van der Waals surface area contributed by atoms with E-state index in [0.717, 1.165) is 16.7 Å². The zero-order chi connectivity index (χ0) is 20.1. The third kappa shape index (κ3) is 4.47. The topological polar surface area (TPSA) is 84.2 Å². The van der Waals surface area contributed by atoms with Crippen molar-refractivity contribution in [3.05, 3.63) is 95.6 Å². The van der Waals surface area contributed by atoms with Crippen LogP contribution in [0.5, 0.6) is 0 Å². The molecule has 0 aliphatic rings. The number of carbonyl (C=O) groups is 2. The van der Waals surface area contributed by atoms with E-state index in [-0.39, 0.29) is 11.8 Å². The van der Waals surface area contributed by atoms with Crippen LogP contribution in [0.25, 0.3) is 11.1 Å². The zero-order valence-electron chi connectivity index (χ0n) is 15.3. The van der Waals surface area contributed by atoms with Gasteiger partial charge in [0.15, 0.2) is 5.58 Å². The van der Waals surface area contributed by atoms with Gasteiger partial charge in [-0.25, -0.2) is 4.98 Å². The Labute approximate surface area is 171 Å². The van der Waals surface area contributed by atoms with Crippen molar-refractivity contribution in [2.45, 2.75) is 11.0 Å². The van der Waals surface area contributed by atoms with Crippen molar-refractivity contribution in [1.29, 1.82) is 0 Å². The van der Waals surface area contributed by atoms with Gasteiger partial charge < -0.3 is 4.42 Å². The highest BCUT2D eigenvalue weighted by Gasteiger charge is 2.14. The first-order valence-electron chi connectivity index (χ1n) is 8.93. The minimum atomic E-state index is -0.386. The predicted molar refractivity (Wildman–Crippen MR) is 111 cm³/mol. The summed E-state index contributed by atoms with van der Waals surface area (Å²) in [5.74, 6) is -0.261. The summed E-state index contributed by atoms with van der Waals surface area (Å²) in [4.78, 5) is 29.1. The molecule has 0 radical (unpaired) electrons. The smallest absolute Gasteiger partial charge is 0.270 e. The van der Waals surface area contributed by atoms with E-state index in [1.54, 1.807) is 36.4 Å². The fraction of sp³-hybridized carbons (Fsp3) is 0.0455. The summed E-state index contributed by atoms with van der Waals surface area (Å²) in [7, 11) is 0. The lowest BCUT2D eigenvalue weighted by atomic mass is 10.1. The van der Waals surface area contributed by atoms with Crippen LogP contribution in [0.1, 0.15) is 26.3 Å². The number of oxazole rings is 1. The van der Waals surface area contributed by atoms with Gasteiger partial charge >= 0.3 is 0 Å². The molecule has 4 rings (SSSR count). The largest absolute Gasteiger partial charge is 0.431 e. The van der Waals surface area contributed by atoms with Crippen LogP contribution in [-0.4, -0.2) is 16.8 Å². The maximum absolute atomic E-state index is 12.6. The Kier molecular flexibility index (Phi) is 5.58. The average molecular weight is 403 g/mol. The Balaban J connectivity index is 1.42. The Morgan fingerprint density at radius 3 is 2.34 bits per heavy atom. The fourth-order valence-corrected chi connectivity index (χ4v) is 3.60. The first-order valence-corrected chi connectivity index (χ1v) is 9.91. The molecular formula is C22H17N3O3S. The van der Waals surface area contributed by atoms with Crippen LogP contribution in [0.3, 0.4) is 0 Å². The molecule has 144 valence electrons. The van der Waals surface area contributed by atoms with Crippen LogP contribution in [0.2, 0.25) is 0 Å². The molecule has 0 spiro atoms. The van der Waals surface area contributed by atoms with E-state index in [4.69, 9.17) is 4.42 Å². The molecular weight excluding hydrogens is 386 g/mol. The summed E-state index contributed by atoms with van der Waals surface area (Å²) in [5.41, 5.74) is 8.19. The van der Waals surface area contributed by atoms with Crippen molar-refractivity contribution in [2.75, 3.05) is 0 Å². The van der Waals surface area contributed by atoms with Gasteiger partial charge in [0.1, 0.15) is 5.52 Å². The van der Waals surface area contributed by atoms with Gasteiger partial charge in [-0.05, 0) is 35.9 Å². The molecule has 0 unspecified atom stereocenters. The molecule has 0 aliphatic heterocycles. The summed E-state index contributed by atoms with van der Waals surface area (Å²) in [6.45, 7) is 0. The molecule has 29 heavy (non-hydrogen) atoms. The number of hydrazine groups is 1. The summed E-state index contributed by atoms with van der Waals surface area (Å²) in [6, 6.07) is 23.5. The summed E-state index contributed by atoms with van der Waals surface area (Å²) < 4.78 is 5.71. The van der Waals surface area contributed by atoms with E-state index in [1.807, 2.05) is 42.5 Å². The minimum Gasteiger partial charge on any atom is -0.431 e. The molecule has 7 heteroatoms. The third-order valence-electron chi connectivity index (χ3n) is 4.21. The summed E-state index contributed by atoms with van der Waals surface area (Å²) in [5, 5.41) is 0.541. The van der Waals surface area contributed by atoms with Gasteiger partial charge in [-0.3, -0.25) is 20.4 Å². The number of nitrogens with zero attached hydrogens (tertiary/aromatic N) is 1. The van der Waals surface area contributed by atoms with Gasteiger partial charge in [0.2, 0.25) is 0 Å². The van der Waals surface area contributed by atoms with Crippen molar-refractivity contribution >= 4 is 34.7 Å². The molecule has 3 aromatic carbocycles. The molecule has 0 bridgehead atoms. The normalized spacial score (nSPS) is 10.6. The molecule has 1 aromatic heterocycles. The van der Waals surface area contributed by atoms with E-state index >= 15 is 0 Å². The van der Waals surface area contributed by atoms with Crippen molar-refractivity contribution in [3.8, 4) is 0 Å². The van der Waals surface area contributed by atoms with Gasteiger partial charge in [0.25, 0.3) is 17.0 Å².